The fourth-order valence-electron chi connectivity index (χ4n) is 4.01. The molecule has 13 heteroatoms. The number of sulfonamides is 1. The third-order valence-corrected chi connectivity index (χ3v) is 7.29. The predicted molar refractivity (Wildman–Crippen MR) is 133 cm³/mol. The fourth-order valence-corrected chi connectivity index (χ4v) is 4.99. The van der Waals surface area contributed by atoms with Gasteiger partial charge in [-0.15, -0.1) is 0 Å². The summed E-state index contributed by atoms with van der Waals surface area (Å²) in [5.74, 6) is -1.64. The average molecular weight is 535 g/mol. The first-order chi connectivity index (χ1) is 17.8. The highest BCUT2D eigenvalue weighted by molar-refractivity contribution is 7.89. The van der Waals surface area contributed by atoms with E-state index >= 15 is 0 Å². The maximum absolute atomic E-state index is 14.5. The number of hydrogen-bond donors (Lipinski definition) is 1. The zero-order valence-electron chi connectivity index (χ0n) is 20.5. The molecule has 1 aliphatic heterocycles. The molecule has 1 N–H and O–H groups in total. The third kappa shape index (κ3) is 6.53. The van der Waals surface area contributed by atoms with Gasteiger partial charge in [-0.3, -0.25) is 0 Å². The molecule has 10 nitrogen and oxygen atoms in total. The van der Waals surface area contributed by atoms with Gasteiger partial charge in [0.2, 0.25) is 15.8 Å². The van der Waals surface area contributed by atoms with Crippen molar-refractivity contribution in [3.63, 3.8) is 0 Å². The van der Waals surface area contributed by atoms with Crippen LogP contribution in [0.25, 0.3) is 11.6 Å². The van der Waals surface area contributed by atoms with E-state index in [1.807, 2.05) is 11.8 Å². The van der Waals surface area contributed by atoms with Crippen LogP contribution in [-0.4, -0.2) is 67.5 Å². The minimum absolute atomic E-state index is 0.00315. The summed E-state index contributed by atoms with van der Waals surface area (Å²) >= 11 is 0. The second-order valence-corrected chi connectivity index (χ2v) is 10.4. The Morgan fingerprint density at radius 3 is 2.68 bits per heavy atom. The number of fused-ring (bicyclic) bond motifs is 1. The van der Waals surface area contributed by atoms with E-state index in [1.165, 1.54) is 13.2 Å². The van der Waals surface area contributed by atoms with Gasteiger partial charge in [0, 0.05) is 68.6 Å². The Labute approximate surface area is 214 Å². The van der Waals surface area contributed by atoms with E-state index in [2.05, 4.69) is 24.7 Å². The number of hydrogen-bond acceptors (Lipinski definition) is 9. The number of ether oxygens (including phenoxy) is 2. The van der Waals surface area contributed by atoms with Crippen molar-refractivity contribution in [2.45, 2.75) is 25.8 Å². The van der Waals surface area contributed by atoms with Crippen molar-refractivity contribution in [1.29, 1.82) is 0 Å². The van der Waals surface area contributed by atoms with E-state index in [4.69, 9.17) is 9.47 Å². The van der Waals surface area contributed by atoms with Gasteiger partial charge >= 0.3 is 0 Å². The lowest BCUT2D eigenvalue weighted by atomic mass is 9.98. The van der Waals surface area contributed by atoms with Crippen LogP contribution >= 0.6 is 0 Å². The molecule has 0 amide bonds. The van der Waals surface area contributed by atoms with Gasteiger partial charge in [0.1, 0.15) is 0 Å². The van der Waals surface area contributed by atoms with E-state index in [0.717, 1.165) is 17.3 Å². The maximum atomic E-state index is 14.5. The monoisotopic (exact) mass is 534 g/mol. The molecule has 0 spiro atoms. The van der Waals surface area contributed by atoms with Crippen molar-refractivity contribution in [3.05, 3.63) is 59.7 Å². The van der Waals surface area contributed by atoms with Crippen LogP contribution in [-0.2, 0) is 21.2 Å². The van der Waals surface area contributed by atoms with E-state index < -0.39 is 21.7 Å². The van der Waals surface area contributed by atoms with Crippen molar-refractivity contribution in [2.24, 2.45) is 0 Å². The highest BCUT2D eigenvalue weighted by atomic mass is 32.2. The van der Waals surface area contributed by atoms with Gasteiger partial charge in [-0.1, -0.05) is 0 Å². The molecule has 198 valence electrons. The smallest absolute Gasteiger partial charge is 0.213 e. The molecule has 1 atom stereocenters. The summed E-state index contributed by atoms with van der Waals surface area (Å²) in [7, 11) is -2.05. The van der Waals surface area contributed by atoms with Crippen molar-refractivity contribution < 1.29 is 26.7 Å². The molecule has 3 heterocycles. The highest BCUT2D eigenvalue weighted by Crippen LogP contribution is 2.36. The summed E-state index contributed by atoms with van der Waals surface area (Å²) < 4.78 is 65.2. The summed E-state index contributed by atoms with van der Waals surface area (Å²) in [6.07, 6.45) is 5.81. The number of methoxy groups -OCH3 is 1. The molecule has 0 aliphatic carbocycles. The Morgan fingerprint density at radius 1 is 1.14 bits per heavy atom. The molecular formula is C24H28F2N6O4S. The second kappa shape index (κ2) is 11.8. The minimum Gasteiger partial charge on any atom is -0.490 e. The van der Waals surface area contributed by atoms with Gasteiger partial charge in [-0.05, 0) is 19.4 Å². The first-order valence-corrected chi connectivity index (χ1v) is 13.4. The third-order valence-electron chi connectivity index (χ3n) is 5.94. The summed E-state index contributed by atoms with van der Waals surface area (Å²) in [6.45, 7) is 2.65. The molecule has 0 saturated carbocycles. The van der Waals surface area contributed by atoms with Crippen LogP contribution in [0, 0.1) is 11.6 Å². The molecule has 4 rings (SSSR count). The van der Waals surface area contributed by atoms with Gasteiger partial charge in [0.05, 0.1) is 30.7 Å². The predicted octanol–water partition coefficient (Wildman–Crippen LogP) is 2.67. The Bertz CT molecular complexity index is 1330. The normalized spacial score (nSPS) is 15.5. The van der Waals surface area contributed by atoms with Crippen LogP contribution in [0.5, 0.6) is 5.75 Å². The zero-order chi connectivity index (χ0) is 26.4. The van der Waals surface area contributed by atoms with E-state index in [0.29, 0.717) is 30.3 Å². The van der Waals surface area contributed by atoms with Gasteiger partial charge in [0.25, 0.3) is 0 Å². The second-order valence-electron chi connectivity index (χ2n) is 8.44. The van der Waals surface area contributed by atoms with E-state index in [1.54, 1.807) is 24.7 Å². The first kappa shape index (κ1) is 26.8. The van der Waals surface area contributed by atoms with Crippen LogP contribution in [0.4, 0.5) is 14.5 Å². The van der Waals surface area contributed by atoms with Crippen molar-refractivity contribution >= 4 is 15.7 Å². The SMILES string of the molecule is COCCS(=O)(=O)NCCCOc1cc(N2CCc3nc(-c4ncccn4)ncc3C2C)cc(F)c1F. The van der Waals surface area contributed by atoms with Gasteiger partial charge < -0.3 is 14.4 Å². The number of anilines is 1. The molecule has 3 aromatic rings. The molecule has 0 bridgehead atoms. The van der Waals surface area contributed by atoms with Gasteiger partial charge in [0.15, 0.2) is 23.2 Å². The standard InChI is InChI=1S/C24H28F2N6O4S/c1-16-18-15-29-24(23-27-6-3-7-28-23)31-20(18)5-9-32(16)17-13-19(25)22(26)21(14-17)36-10-4-8-30-37(33,34)12-11-35-2/h3,6-7,13-16,30H,4-5,8-12H2,1-2H3. The topological polar surface area (TPSA) is 119 Å². The van der Waals surface area contributed by atoms with E-state index in [-0.39, 0.29) is 43.7 Å². The first-order valence-electron chi connectivity index (χ1n) is 11.8. The highest BCUT2D eigenvalue weighted by Gasteiger charge is 2.28. The maximum Gasteiger partial charge on any atom is 0.213 e. The van der Waals surface area contributed by atoms with Crippen LogP contribution in [0.2, 0.25) is 0 Å². The lowest BCUT2D eigenvalue weighted by Gasteiger charge is -2.36. The lowest BCUT2D eigenvalue weighted by molar-refractivity contribution is 0.217. The Balaban J connectivity index is 1.43. The Kier molecular flexibility index (Phi) is 8.56. The molecule has 0 saturated heterocycles. The number of rotatable bonds is 11. The molecule has 1 unspecified atom stereocenters. The number of halogens is 2. The summed E-state index contributed by atoms with van der Waals surface area (Å²) in [4.78, 5) is 19.3. The number of aromatic nitrogens is 4. The summed E-state index contributed by atoms with van der Waals surface area (Å²) in [6, 6.07) is 4.11. The summed E-state index contributed by atoms with van der Waals surface area (Å²) in [5, 5.41) is 0. The molecular weight excluding hydrogens is 506 g/mol. The van der Waals surface area contributed by atoms with Gasteiger partial charge in [-0.25, -0.2) is 37.5 Å². The Hall–Kier alpha value is -3.29. The number of benzene rings is 1. The van der Waals surface area contributed by atoms with E-state index in [9.17, 15) is 17.2 Å². The molecule has 0 fully saturated rings. The summed E-state index contributed by atoms with van der Waals surface area (Å²) in [5.41, 5.74) is 2.19. The van der Waals surface area contributed by atoms with Crippen LogP contribution in [0.3, 0.4) is 0 Å². The van der Waals surface area contributed by atoms with Crippen LogP contribution in [0.1, 0.15) is 30.6 Å². The largest absolute Gasteiger partial charge is 0.490 e. The van der Waals surface area contributed by atoms with Crippen molar-refractivity contribution in [1.82, 2.24) is 24.7 Å². The van der Waals surface area contributed by atoms with Crippen LogP contribution in [0.15, 0.2) is 36.8 Å². The zero-order valence-corrected chi connectivity index (χ0v) is 21.3. The average Bonchev–Trinajstić information content (AvgIpc) is 2.90. The molecule has 1 aliphatic rings. The molecule has 37 heavy (non-hydrogen) atoms. The minimum atomic E-state index is -3.46. The fraction of sp³-hybridized carbons (Fsp3) is 0.417. The molecule has 0 radical (unpaired) electrons. The lowest BCUT2D eigenvalue weighted by Crippen LogP contribution is -2.35. The molecule has 1 aromatic carbocycles. The van der Waals surface area contributed by atoms with Gasteiger partial charge in [-0.2, -0.15) is 4.39 Å². The van der Waals surface area contributed by atoms with Crippen molar-refractivity contribution in [2.75, 3.05) is 44.1 Å². The quantitative estimate of drug-likeness (QED) is 0.370. The Morgan fingerprint density at radius 2 is 1.92 bits per heavy atom. The van der Waals surface area contributed by atoms with Crippen LogP contribution < -0.4 is 14.4 Å². The molecule has 2 aromatic heterocycles. The van der Waals surface area contributed by atoms with Crippen molar-refractivity contribution in [3.8, 4) is 17.4 Å². The number of nitrogens with one attached hydrogen (secondary N) is 1. The number of nitrogens with zero attached hydrogens (tertiary/aromatic N) is 5.